The van der Waals surface area contributed by atoms with Gasteiger partial charge in [0.1, 0.15) is 5.82 Å². The number of allylic oxidation sites excluding steroid dienone is 1. The molecular weight excluding hydrogens is 221 g/mol. The first-order chi connectivity index (χ1) is 8.06. The number of rotatable bonds is 1. The maximum Gasteiger partial charge on any atom is 0.273 e. The van der Waals surface area contributed by atoms with Crippen molar-refractivity contribution in [3.05, 3.63) is 41.2 Å². The van der Waals surface area contributed by atoms with Gasteiger partial charge in [-0.25, -0.2) is 4.39 Å². The maximum atomic E-state index is 13.1. The number of guanidine groups is 1. The molecule has 0 saturated heterocycles. The Morgan fingerprint density at radius 2 is 2.12 bits per heavy atom. The predicted octanol–water partition coefficient (Wildman–Crippen LogP) is 0.955. The molecule has 2 rings (SSSR count). The van der Waals surface area contributed by atoms with Crippen molar-refractivity contribution in [1.82, 2.24) is 0 Å². The maximum absolute atomic E-state index is 13.1. The van der Waals surface area contributed by atoms with E-state index in [-0.39, 0.29) is 11.8 Å². The first-order valence-corrected chi connectivity index (χ1v) is 5.19. The number of carbonyl (C=O) groups excluding carboxylic acids is 1. The minimum atomic E-state index is -0.517. The third kappa shape index (κ3) is 2.50. The zero-order valence-electron chi connectivity index (χ0n) is 9.11. The molecule has 0 aliphatic heterocycles. The monoisotopic (exact) mass is 233 g/mol. The molecule has 0 bridgehead atoms. The van der Waals surface area contributed by atoms with E-state index in [0.717, 1.165) is 23.1 Å². The number of hydrogen-bond donors (Lipinski definition) is 2. The molecule has 0 aromatic heterocycles. The van der Waals surface area contributed by atoms with E-state index >= 15 is 0 Å². The summed E-state index contributed by atoms with van der Waals surface area (Å²) in [7, 11) is 0. The second-order valence-electron chi connectivity index (χ2n) is 3.85. The van der Waals surface area contributed by atoms with Crippen LogP contribution >= 0.6 is 0 Å². The SMILES string of the molecule is NC(N)=NC(=O)/C=C1/CCc2ccc(F)cc21. The van der Waals surface area contributed by atoms with Gasteiger partial charge in [-0.05, 0) is 41.7 Å². The molecule has 1 aromatic rings. The van der Waals surface area contributed by atoms with Gasteiger partial charge in [-0.15, -0.1) is 0 Å². The number of nitrogens with zero attached hydrogens (tertiary/aromatic N) is 1. The minimum Gasteiger partial charge on any atom is -0.370 e. The average molecular weight is 233 g/mol. The quantitative estimate of drug-likeness (QED) is 0.430. The molecule has 4 nitrogen and oxygen atoms in total. The Bertz CT molecular complexity index is 531. The van der Waals surface area contributed by atoms with Crippen molar-refractivity contribution in [2.45, 2.75) is 12.8 Å². The summed E-state index contributed by atoms with van der Waals surface area (Å²) in [6.45, 7) is 0. The van der Waals surface area contributed by atoms with Crippen LogP contribution in [-0.2, 0) is 11.2 Å². The van der Waals surface area contributed by atoms with Gasteiger partial charge in [0.25, 0.3) is 5.91 Å². The van der Waals surface area contributed by atoms with Crippen molar-refractivity contribution >= 4 is 17.4 Å². The smallest absolute Gasteiger partial charge is 0.273 e. The van der Waals surface area contributed by atoms with Crippen LogP contribution in [0.1, 0.15) is 17.5 Å². The van der Waals surface area contributed by atoms with Gasteiger partial charge in [0.15, 0.2) is 5.96 Å². The lowest BCUT2D eigenvalue weighted by molar-refractivity contribution is -0.113. The summed E-state index contributed by atoms with van der Waals surface area (Å²) >= 11 is 0. The fourth-order valence-corrected chi connectivity index (χ4v) is 1.93. The number of carbonyl (C=O) groups is 1. The molecule has 0 unspecified atom stereocenters. The van der Waals surface area contributed by atoms with E-state index < -0.39 is 5.91 Å². The van der Waals surface area contributed by atoms with Crippen LogP contribution in [0.4, 0.5) is 4.39 Å². The van der Waals surface area contributed by atoms with Crippen LogP contribution in [0, 0.1) is 5.82 Å². The lowest BCUT2D eigenvalue weighted by Gasteiger charge is -2.00. The number of nitrogens with two attached hydrogens (primary N) is 2. The third-order valence-corrected chi connectivity index (χ3v) is 2.62. The Balaban J connectivity index is 2.33. The molecule has 1 amide bonds. The lowest BCUT2D eigenvalue weighted by atomic mass is 10.1. The summed E-state index contributed by atoms with van der Waals surface area (Å²) in [4.78, 5) is 14.8. The predicted molar refractivity (Wildman–Crippen MR) is 63.5 cm³/mol. The van der Waals surface area contributed by atoms with E-state index in [0.29, 0.717) is 6.42 Å². The summed E-state index contributed by atoms with van der Waals surface area (Å²) in [6.07, 6.45) is 2.85. The van der Waals surface area contributed by atoms with Crippen LogP contribution in [0.15, 0.2) is 29.3 Å². The second kappa shape index (κ2) is 4.37. The van der Waals surface area contributed by atoms with E-state index in [9.17, 15) is 9.18 Å². The number of aryl methyl sites for hydroxylation is 1. The van der Waals surface area contributed by atoms with Crippen molar-refractivity contribution in [3.63, 3.8) is 0 Å². The average Bonchev–Trinajstić information content (AvgIpc) is 2.60. The molecule has 1 aliphatic carbocycles. The highest BCUT2D eigenvalue weighted by atomic mass is 19.1. The lowest BCUT2D eigenvalue weighted by Crippen LogP contribution is -2.23. The number of hydrogen-bond acceptors (Lipinski definition) is 1. The van der Waals surface area contributed by atoms with Gasteiger partial charge in [-0.3, -0.25) is 4.79 Å². The Hall–Kier alpha value is -2.17. The van der Waals surface area contributed by atoms with Gasteiger partial charge in [-0.1, -0.05) is 6.07 Å². The Morgan fingerprint density at radius 3 is 2.82 bits per heavy atom. The highest BCUT2D eigenvalue weighted by Gasteiger charge is 2.17. The molecule has 0 atom stereocenters. The number of amides is 1. The van der Waals surface area contributed by atoms with Crippen molar-refractivity contribution in [2.24, 2.45) is 16.5 Å². The largest absolute Gasteiger partial charge is 0.370 e. The molecule has 88 valence electrons. The zero-order chi connectivity index (χ0) is 12.4. The second-order valence-corrected chi connectivity index (χ2v) is 3.85. The Morgan fingerprint density at radius 1 is 1.35 bits per heavy atom. The summed E-state index contributed by atoms with van der Waals surface area (Å²) in [5.41, 5.74) is 12.8. The normalized spacial score (nSPS) is 15.7. The number of halogens is 1. The molecule has 1 aromatic carbocycles. The fourth-order valence-electron chi connectivity index (χ4n) is 1.93. The summed E-state index contributed by atoms with van der Waals surface area (Å²) < 4.78 is 13.1. The molecule has 5 heteroatoms. The first-order valence-electron chi connectivity index (χ1n) is 5.19. The van der Waals surface area contributed by atoms with Crippen LogP contribution in [-0.4, -0.2) is 11.9 Å². The topological polar surface area (TPSA) is 81.5 Å². The highest BCUT2D eigenvalue weighted by Crippen LogP contribution is 2.32. The molecule has 0 radical (unpaired) electrons. The van der Waals surface area contributed by atoms with Crippen LogP contribution in [0.25, 0.3) is 5.57 Å². The highest BCUT2D eigenvalue weighted by molar-refractivity contribution is 6.02. The van der Waals surface area contributed by atoms with E-state index in [1.807, 2.05) is 0 Å². The van der Waals surface area contributed by atoms with E-state index in [4.69, 9.17) is 11.5 Å². The van der Waals surface area contributed by atoms with Crippen molar-refractivity contribution in [3.8, 4) is 0 Å². The molecule has 1 aliphatic rings. The third-order valence-electron chi connectivity index (χ3n) is 2.62. The number of benzene rings is 1. The molecule has 0 fully saturated rings. The van der Waals surface area contributed by atoms with Crippen LogP contribution < -0.4 is 11.5 Å². The van der Waals surface area contributed by atoms with E-state index in [2.05, 4.69) is 4.99 Å². The molecule has 0 heterocycles. The van der Waals surface area contributed by atoms with Gasteiger partial charge < -0.3 is 11.5 Å². The summed E-state index contributed by atoms with van der Waals surface area (Å²) in [5.74, 6) is -1.10. The number of aliphatic imine (C=N–C) groups is 1. The van der Waals surface area contributed by atoms with Crippen molar-refractivity contribution in [2.75, 3.05) is 0 Å². The minimum absolute atomic E-state index is 0.274. The molecule has 0 saturated carbocycles. The summed E-state index contributed by atoms with van der Waals surface area (Å²) in [6, 6.07) is 4.58. The summed E-state index contributed by atoms with van der Waals surface area (Å²) in [5, 5.41) is 0. The van der Waals surface area contributed by atoms with Gasteiger partial charge in [0.2, 0.25) is 0 Å². The standard InChI is InChI=1S/C12H12FN3O/c13-9-4-3-7-1-2-8(10(7)6-9)5-11(17)16-12(14)15/h3-6H,1-2H2,(H4,14,15,16,17)/b8-5-. The number of fused-ring (bicyclic) bond motifs is 1. The van der Waals surface area contributed by atoms with Crippen LogP contribution in [0.3, 0.4) is 0 Å². The van der Waals surface area contributed by atoms with Crippen molar-refractivity contribution < 1.29 is 9.18 Å². The van der Waals surface area contributed by atoms with Gasteiger partial charge >= 0.3 is 0 Å². The molecule has 17 heavy (non-hydrogen) atoms. The van der Waals surface area contributed by atoms with Crippen LogP contribution in [0.2, 0.25) is 0 Å². The fraction of sp³-hybridized carbons (Fsp3) is 0.167. The van der Waals surface area contributed by atoms with Crippen molar-refractivity contribution in [1.29, 1.82) is 0 Å². The Labute approximate surface area is 97.8 Å². The van der Waals surface area contributed by atoms with Gasteiger partial charge in [0, 0.05) is 6.08 Å². The van der Waals surface area contributed by atoms with E-state index in [1.54, 1.807) is 6.07 Å². The van der Waals surface area contributed by atoms with Crippen LogP contribution in [0.5, 0.6) is 0 Å². The molecule has 4 N–H and O–H groups in total. The molecular formula is C12H12FN3O. The Kier molecular flexibility index (Phi) is 2.91. The molecule has 0 spiro atoms. The van der Waals surface area contributed by atoms with E-state index in [1.165, 1.54) is 18.2 Å². The van der Waals surface area contributed by atoms with Gasteiger partial charge in [-0.2, -0.15) is 4.99 Å². The zero-order valence-corrected chi connectivity index (χ0v) is 9.11. The first kappa shape index (κ1) is 11.3. The van der Waals surface area contributed by atoms with Gasteiger partial charge in [0.05, 0.1) is 0 Å².